The molecule has 0 aromatic rings. The molecule has 4 atom stereocenters. The predicted molar refractivity (Wildman–Crippen MR) is 46.7 cm³/mol. The van der Waals surface area contributed by atoms with Crippen molar-refractivity contribution in [2.75, 3.05) is 0 Å². The molecule has 4 rings (SSSR count). The first kappa shape index (κ1) is 7.60. The Morgan fingerprint density at radius 2 is 1.83 bits per heavy atom. The summed E-state index contributed by atoms with van der Waals surface area (Å²) in [5, 5.41) is 0. The van der Waals surface area contributed by atoms with Gasteiger partial charge in [-0.2, -0.15) is 0 Å². The summed E-state index contributed by atoms with van der Waals surface area (Å²) in [4.78, 5) is 2.86. The van der Waals surface area contributed by atoms with Gasteiger partial charge in [-0.3, -0.25) is 0 Å². The maximum absolute atomic E-state index is 5.92. The molecule has 0 aromatic heterocycles. The second-order valence-electron chi connectivity index (χ2n) is 4.68. The van der Waals surface area contributed by atoms with Crippen LogP contribution in [-0.4, -0.2) is 11.8 Å². The van der Waals surface area contributed by atoms with Gasteiger partial charge in [0.25, 0.3) is 0 Å². The highest BCUT2D eigenvalue weighted by Gasteiger charge is 2.51. The van der Waals surface area contributed by atoms with Crippen molar-refractivity contribution < 1.29 is 4.74 Å². The zero-order valence-electron chi connectivity index (χ0n) is 7.05. The lowest BCUT2D eigenvalue weighted by Crippen LogP contribution is -2.59. The highest BCUT2D eigenvalue weighted by Crippen LogP contribution is 2.51. The van der Waals surface area contributed by atoms with Gasteiger partial charge in [0.15, 0.2) is 0 Å². The molecule has 2 saturated heterocycles. The first-order chi connectivity index (χ1) is 5.80. The summed E-state index contributed by atoms with van der Waals surface area (Å²) >= 11 is 5.75. The smallest absolute Gasteiger partial charge is 0.133 e. The lowest BCUT2D eigenvalue weighted by molar-refractivity contribution is -0.224. The zero-order chi connectivity index (χ0) is 8.18. The van der Waals surface area contributed by atoms with Gasteiger partial charge in [0, 0.05) is 0 Å². The fourth-order valence-corrected chi connectivity index (χ4v) is 3.66. The van der Waals surface area contributed by atoms with E-state index in [4.69, 9.17) is 16.5 Å². The van der Waals surface area contributed by atoms with Gasteiger partial charge in [0.1, 0.15) is 5.72 Å². The Bertz CT molecular complexity index is 171. The quantitative estimate of drug-likeness (QED) is 0.635. The van der Waals surface area contributed by atoms with Crippen molar-refractivity contribution in [2.45, 2.75) is 43.9 Å². The van der Waals surface area contributed by atoms with Gasteiger partial charge in [0.2, 0.25) is 0 Å². The van der Waals surface area contributed by atoms with Gasteiger partial charge in [-0.05, 0) is 55.7 Å². The van der Waals surface area contributed by atoms with Gasteiger partial charge in [-0.15, -0.1) is 0 Å². The number of nitrogens with one attached hydrogen (secondary N) is 1. The molecule has 0 amide bonds. The van der Waals surface area contributed by atoms with E-state index >= 15 is 0 Å². The molecule has 3 unspecified atom stereocenters. The maximum atomic E-state index is 5.92. The molecule has 2 heterocycles. The summed E-state index contributed by atoms with van der Waals surface area (Å²) in [6.45, 7) is 0. The van der Waals surface area contributed by atoms with E-state index in [0.29, 0.717) is 6.10 Å². The molecule has 0 aromatic carbocycles. The van der Waals surface area contributed by atoms with Crippen LogP contribution < -0.4 is 4.84 Å². The topological polar surface area (TPSA) is 21.3 Å². The predicted octanol–water partition coefficient (Wildman–Crippen LogP) is 2.04. The fraction of sp³-hybridized carbons (Fsp3) is 1.00. The SMILES string of the molecule is ClNC12CC3CC(C[C@H](C3)C1)O2. The van der Waals surface area contributed by atoms with Crippen LogP contribution >= 0.6 is 11.8 Å². The summed E-state index contributed by atoms with van der Waals surface area (Å²) in [6, 6.07) is 0. The Labute approximate surface area is 77.7 Å². The van der Waals surface area contributed by atoms with Crippen LogP contribution in [0, 0.1) is 11.8 Å². The number of halogens is 1. The molecule has 4 aliphatic rings. The molecule has 1 N–H and O–H groups in total. The van der Waals surface area contributed by atoms with Gasteiger partial charge in [-0.1, -0.05) is 0 Å². The van der Waals surface area contributed by atoms with E-state index in [2.05, 4.69) is 4.84 Å². The monoisotopic (exact) mass is 187 g/mol. The maximum Gasteiger partial charge on any atom is 0.133 e. The average molecular weight is 188 g/mol. The molecule has 12 heavy (non-hydrogen) atoms. The first-order valence-corrected chi connectivity index (χ1v) is 5.23. The van der Waals surface area contributed by atoms with Gasteiger partial charge in [-0.25, -0.2) is 4.84 Å². The largest absolute Gasteiger partial charge is 0.356 e. The van der Waals surface area contributed by atoms with E-state index in [1.165, 1.54) is 19.3 Å². The second-order valence-corrected chi connectivity index (χ2v) is 4.87. The lowest BCUT2D eigenvalue weighted by Gasteiger charge is -2.55. The molecule has 3 heteroatoms. The molecular formula is C9H14ClNO. The van der Waals surface area contributed by atoms with Crippen molar-refractivity contribution >= 4 is 11.8 Å². The third-order valence-corrected chi connectivity index (χ3v) is 4.00. The van der Waals surface area contributed by atoms with Crippen LogP contribution in [0.25, 0.3) is 0 Å². The first-order valence-electron chi connectivity index (χ1n) is 4.85. The van der Waals surface area contributed by atoms with E-state index < -0.39 is 0 Å². The second kappa shape index (κ2) is 2.37. The van der Waals surface area contributed by atoms with E-state index in [-0.39, 0.29) is 5.72 Å². The van der Waals surface area contributed by atoms with Crippen LogP contribution in [0.4, 0.5) is 0 Å². The average Bonchev–Trinajstić information content (AvgIpc) is 2.02. The van der Waals surface area contributed by atoms with Crippen LogP contribution in [0.5, 0.6) is 0 Å². The molecule has 2 nitrogen and oxygen atoms in total. The van der Waals surface area contributed by atoms with Crippen LogP contribution in [0.2, 0.25) is 0 Å². The van der Waals surface area contributed by atoms with E-state index in [0.717, 1.165) is 24.7 Å². The number of ether oxygens (including phenoxy) is 1. The molecule has 4 bridgehead atoms. The summed E-state index contributed by atoms with van der Waals surface area (Å²) in [5.41, 5.74) is -0.143. The molecule has 0 radical (unpaired) electrons. The Kier molecular flexibility index (Phi) is 1.50. The van der Waals surface area contributed by atoms with Crippen molar-refractivity contribution in [3.05, 3.63) is 0 Å². The van der Waals surface area contributed by atoms with Gasteiger partial charge < -0.3 is 4.74 Å². The molecule has 2 saturated carbocycles. The summed E-state index contributed by atoms with van der Waals surface area (Å²) in [6.07, 6.45) is 6.73. The molecule has 4 fully saturated rings. The molecule has 68 valence electrons. The Balaban J connectivity index is 1.90. The van der Waals surface area contributed by atoms with Crippen LogP contribution in [0.15, 0.2) is 0 Å². The minimum Gasteiger partial charge on any atom is -0.356 e. The van der Waals surface area contributed by atoms with Crippen LogP contribution in [0.3, 0.4) is 0 Å². The number of hydrogen-bond acceptors (Lipinski definition) is 2. The standard InChI is InChI=1S/C9H14ClNO/c10-11-9-4-6-1-7(5-9)3-8(2-6)12-9/h6-8,11H,1-5H2/t6-,7?,8?,9?/m0/s1. The normalized spacial score (nSPS) is 56.2. The van der Waals surface area contributed by atoms with Crippen LogP contribution in [0.1, 0.15) is 32.1 Å². The molecule has 0 spiro atoms. The Hall–Kier alpha value is 0.210. The van der Waals surface area contributed by atoms with Crippen molar-refractivity contribution in [1.82, 2.24) is 4.84 Å². The van der Waals surface area contributed by atoms with Crippen molar-refractivity contribution in [2.24, 2.45) is 11.8 Å². The third-order valence-electron chi connectivity index (χ3n) is 3.66. The van der Waals surface area contributed by atoms with Crippen LogP contribution in [-0.2, 0) is 4.74 Å². The lowest BCUT2D eigenvalue weighted by atomic mass is 9.65. The Morgan fingerprint density at radius 1 is 1.17 bits per heavy atom. The van der Waals surface area contributed by atoms with Gasteiger partial charge >= 0.3 is 0 Å². The Morgan fingerprint density at radius 3 is 2.33 bits per heavy atom. The summed E-state index contributed by atoms with van der Waals surface area (Å²) < 4.78 is 5.92. The number of rotatable bonds is 1. The summed E-state index contributed by atoms with van der Waals surface area (Å²) in [7, 11) is 0. The van der Waals surface area contributed by atoms with E-state index in [9.17, 15) is 0 Å². The molecule has 2 aliphatic heterocycles. The molecule has 2 aliphatic carbocycles. The van der Waals surface area contributed by atoms with Crippen molar-refractivity contribution in [1.29, 1.82) is 0 Å². The van der Waals surface area contributed by atoms with Gasteiger partial charge in [0.05, 0.1) is 6.10 Å². The summed E-state index contributed by atoms with van der Waals surface area (Å²) in [5.74, 6) is 1.75. The van der Waals surface area contributed by atoms with E-state index in [1.807, 2.05) is 0 Å². The molecular weight excluding hydrogens is 174 g/mol. The van der Waals surface area contributed by atoms with Crippen molar-refractivity contribution in [3.63, 3.8) is 0 Å². The zero-order valence-corrected chi connectivity index (χ0v) is 7.81. The highest BCUT2D eigenvalue weighted by atomic mass is 35.5. The minimum atomic E-state index is -0.143. The minimum absolute atomic E-state index is 0.143. The number of hydrogen-bond donors (Lipinski definition) is 1. The van der Waals surface area contributed by atoms with Crippen molar-refractivity contribution in [3.8, 4) is 0 Å². The highest BCUT2D eigenvalue weighted by molar-refractivity contribution is 6.13. The fourth-order valence-electron chi connectivity index (χ4n) is 3.46. The van der Waals surface area contributed by atoms with E-state index in [1.54, 1.807) is 0 Å². The third kappa shape index (κ3) is 0.949.